The number of anilines is 1. The number of halogens is 1. The summed E-state index contributed by atoms with van der Waals surface area (Å²) in [6.45, 7) is 5.29. The summed E-state index contributed by atoms with van der Waals surface area (Å²) in [4.78, 5) is 22.5. The zero-order valence-corrected chi connectivity index (χ0v) is 14.9. The van der Waals surface area contributed by atoms with Gasteiger partial charge in [-0.25, -0.2) is 13.9 Å². The van der Waals surface area contributed by atoms with Crippen molar-refractivity contribution in [3.63, 3.8) is 0 Å². The van der Waals surface area contributed by atoms with Crippen LogP contribution < -0.4 is 15.5 Å². The molecule has 2 aromatic heterocycles. The van der Waals surface area contributed by atoms with Crippen molar-refractivity contribution in [1.29, 1.82) is 0 Å². The number of nitrogens with zero attached hydrogens (tertiary/aromatic N) is 5. The predicted octanol–water partition coefficient (Wildman–Crippen LogP) is 0.911. The van der Waals surface area contributed by atoms with Gasteiger partial charge in [-0.2, -0.15) is 4.98 Å². The highest BCUT2D eigenvalue weighted by Gasteiger charge is 2.16. The Morgan fingerprint density at radius 2 is 2.11 bits per heavy atom. The molecule has 1 aliphatic rings. The third-order valence-electron chi connectivity index (χ3n) is 4.56. The normalized spacial score (nSPS) is 14.5. The van der Waals surface area contributed by atoms with E-state index in [1.807, 2.05) is 17.9 Å². The fourth-order valence-corrected chi connectivity index (χ4v) is 3.09. The molecular weight excluding hydrogens is 349 g/mol. The van der Waals surface area contributed by atoms with Crippen molar-refractivity contribution in [1.82, 2.24) is 30.2 Å². The lowest BCUT2D eigenvalue weighted by Crippen LogP contribution is -2.43. The van der Waals surface area contributed by atoms with Crippen LogP contribution in [0.2, 0.25) is 0 Å². The monoisotopic (exact) mass is 369 g/mol. The molecule has 27 heavy (non-hydrogen) atoms. The first kappa shape index (κ1) is 17.3. The lowest BCUT2D eigenvalue weighted by molar-refractivity contribution is 0.0940. The molecule has 1 fully saturated rings. The van der Waals surface area contributed by atoms with Crippen LogP contribution >= 0.6 is 0 Å². The Labute approximate surface area is 155 Å². The van der Waals surface area contributed by atoms with Gasteiger partial charge in [-0.15, -0.1) is 5.10 Å². The summed E-state index contributed by atoms with van der Waals surface area (Å²) in [5.41, 5.74) is 2.10. The number of nitrogens with one attached hydrogen (secondary N) is 2. The Kier molecular flexibility index (Phi) is 4.68. The number of rotatable bonds is 4. The van der Waals surface area contributed by atoms with Crippen LogP contribution in [0, 0.1) is 12.7 Å². The summed E-state index contributed by atoms with van der Waals surface area (Å²) in [6, 6.07) is 6.83. The molecule has 4 rings (SSSR count). The first-order valence-electron chi connectivity index (χ1n) is 8.82. The third-order valence-corrected chi connectivity index (χ3v) is 4.56. The molecule has 140 valence electrons. The van der Waals surface area contributed by atoms with Crippen LogP contribution in [0.4, 0.5) is 10.1 Å². The number of aromatic nitrogens is 4. The van der Waals surface area contributed by atoms with Crippen LogP contribution in [-0.4, -0.2) is 51.7 Å². The van der Waals surface area contributed by atoms with Crippen molar-refractivity contribution >= 4 is 17.4 Å². The van der Waals surface area contributed by atoms with E-state index in [2.05, 4.69) is 25.7 Å². The van der Waals surface area contributed by atoms with E-state index in [9.17, 15) is 9.18 Å². The van der Waals surface area contributed by atoms with Gasteiger partial charge in [0.15, 0.2) is 0 Å². The van der Waals surface area contributed by atoms with Crippen LogP contribution in [0.3, 0.4) is 0 Å². The first-order valence-corrected chi connectivity index (χ1v) is 8.82. The van der Waals surface area contributed by atoms with Gasteiger partial charge in [0.2, 0.25) is 5.82 Å². The molecule has 0 atom stereocenters. The molecule has 0 radical (unpaired) electrons. The second-order valence-corrected chi connectivity index (χ2v) is 6.44. The lowest BCUT2D eigenvalue weighted by Gasteiger charge is -2.29. The quantitative estimate of drug-likeness (QED) is 0.711. The molecule has 0 saturated carbocycles. The van der Waals surface area contributed by atoms with E-state index in [-0.39, 0.29) is 18.2 Å². The molecule has 0 spiro atoms. The van der Waals surface area contributed by atoms with E-state index in [1.54, 1.807) is 18.3 Å². The van der Waals surface area contributed by atoms with Crippen molar-refractivity contribution < 1.29 is 9.18 Å². The number of hydrogen-bond donors (Lipinski definition) is 2. The molecule has 3 heterocycles. The number of amides is 1. The maximum Gasteiger partial charge on any atom is 0.291 e. The highest BCUT2D eigenvalue weighted by atomic mass is 19.1. The smallest absolute Gasteiger partial charge is 0.291 e. The van der Waals surface area contributed by atoms with Gasteiger partial charge in [-0.3, -0.25) is 4.79 Å². The minimum Gasteiger partial charge on any atom is -0.367 e. The van der Waals surface area contributed by atoms with Gasteiger partial charge in [-0.05, 0) is 30.7 Å². The summed E-state index contributed by atoms with van der Waals surface area (Å²) in [5, 5.41) is 10.1. The highest BCUT2D eigenvalue weighted by Crippen LogP contribution is 2.21. The van der Waals surface area contributed by atoms with Gasteiger partial charge in [0, 0.05) is 44.6 Å². The molecule has 2 N–H and O–H groups in total. The van der Waals surface area contributed by atoms with Gasteiger partial charge >= 0.3 is 0 Å². The molecule has 0 bridgehead atoms. The third kappa shape index (κ3) is 3.59. The number of hydrogen-bond acceptors (Lipinski definition) is 6. The van der Waals surface area contributed by atoms with Crippen LogP contribution in [0.25, 0.3) is 5.78 Å². The van der Waals surface area contributed by atoms with Crippen LogP contribution in [0.1, 0.15) is 21.9 Å². The van der Waals surface area contributed by atoms with E-state index in [0.717, 1.165) is 31.9 Å². The van der Waals surface area contributed by atoms with Crippen molar-refractivity contribution in [3.8, 4) is 0 Å². The van der Waals surface area contributed by atoms with Crippen molar-refractivity contribution in [2.45, 2.75) is 13.5 Å². The van der Waals surface area contributed by atoms with Gasteiger partial charge < -0.3 is 15.5 Å². The van der Waals surface area contributed by atoms with E-state index in [0.29, 0.717) is 17.0 Å². The number of aryl methyl sites for hydroxylation is 1. The highest BCUT2D eigenvalue weighted by molar-refractivity contribution is 5.90. The Morgan fingerprint density at radius 3 is 2.85 bits per heavy atom. The fourth-order valence-electron chi connectivity index (χ4n) is 3.09. The topological polar surface area (TPSA) is 87.5 Å². The summed E-state index contributed by atoms with van der Waals surface area (Å²) in [6.07, 6.45) is 1.61. The molecule has 1 aromatic carbocycles. The molecular formula is C18H20FN7O. The van der Waals surface area contributed by atoms with Gasteiger partial charge in [0.05, 0.1) is 5.69 Å². The second-order valence-electron chi connectivity index (χ2n) is 6.44. The first-order chi connectivity index (χ1) is 13.1. The summed E-state index contributed by atoms with van der Waals surface area (Å²) < 4.78 is 16.0. The largest absolute Gasteiger partial charge is 0.367 e. The van der Waals surface area contributed by atoms with Crippen LogP contribution in [0.15, 0.2) is 30.5 Å². The minimum absolute atomic E-state index is 0.0368. The average molecular weight is 369 g/mol. The molecule has 8 nitrogen and oxygen atoms in total. The minimum atomic E-state index is -0.425. The van der Waals surface area contributed by atoms with Crippen LogP contribution in [0.5, 0.6) is 0 Å². The SMILES string of the molecule is Cc1ccnc2nc(C(=O)NCc3ccc(N4CCNCC4)c(F)c3)nn12. The zero-order chi connectivity index (χ0) is 18.8. The predicted molar refractivity (Wildman–Crippen MR) is 98.2 cm³/mol. The Hall–Kier alpha value is -3.07. The molecule has 3 aromatic rings. The van der Waals surface area contributed by atoms with Crippen molar-refractivity contribution in [3.05, 3.63) is 53.4 Å². The Morgan fingerprint density at radius 1 is 1.30 bits per heavy atom. The molecule has 1 saturated heterocycles. The lowest BCUT2D eigenvalue weighted by atomic mass is 10.1. The van der Waals surface area contributed by atoms with Gasteiger partial charge in [0.1, 0.15) is 5.82 Å². The van der Waals surface area contributed by atoms with Crippen molar-refractivity contribution in [2.24, 2.45) is 0 Å². The van der Waals surface area contributed by atoms with E-state index in [1.165, 1.54) is 10.6 Å². The summed E-state index contributed by atoms with van der Waals surface area (Å²) in [5.74, 6) is -0.304. The maximum atomic E-state index is 14.5. The molecule has 1 amide bonds. The maximum absolute atomic E-state index is 14.5. The summed E-state index contributed by atoms with van der Waals surface area (Å²) >= 11 is 0. The number of benzene rings is 1. The van der Waals surface area contributed by atoms with E-state index < -0.39 is 5.91 Å². The second kappa shape index (κ2) is 7.28. The van der Waals surface area contributed by atoms with Gasteiger partial charge in [0.25, 0.3) is 11.7 Å². The number of piperazine rings is 1. The number of carbonyl (C=O) groups is 1. The van der Waals surface area contributed by atoms with Crippen LogP contribution in [-0.2, 0) is 6.54 Å². The Bertz CT molecular complexity index is 981. The van der Waals surface area contributed by atoms with E-state index in [4.69, 9.17) is 0 Å². The average Bonchev–Trinajstić information content (AvgIpc) is 3.13. The number of fused-ring (bicyclic) bond motifs is 1. The van der Waals surface area contributed by atoms with Crippen molar-refractivity contribution in [2.75, 3.05) is 31.1 Å². The zero-order valence-electron chi connectivity index (χ0n) is 14.9. The molecule has 9 heteroatoms. The Balaban J connectivity index is 1.43. The standard InChI is InChI=1S/C18H20FN7O/c1-12-4-5-21-18-23-16(24-26(12)18)17(27)22-11-13-2-3-15(14(19)10-13)25-8-6-20-7-9-25/h2-5,10,20H,6-9,11H2,1H3,(H,22,27). The molecule has 0 unspecified atom stereocenters. The van der Waals surface area contributed by atoms with E-state index >= 15 is 0 Å². The number of carbonyl (C=O) groups excluding carboxylic acids is 1. The molecule has 0 aliphatic carbocycles. The summed E-state index contributed by atoms with van der Waals surface area (Å²) in [7, 11) is 0. The fraction of sp³-hybridized carbons (Fsp3) is 0.333. The van der Waals surface area contributed by atoms with Gasteiger partial charge in [-0.1, -0.05) is 6.07 Å². The molecule has 1 aliphatic heterocycles.